The summed E-state index contributed by atoms with van der Waals surface area (Å²) >= 11 is 0. The van der Waals surface area contributed by atoms with Crippen LogP contribution in [0.3, 0.4) is 0 Å². The molecule has 1 fully saturated rings. The molecule has 1 aliphatic heterocycles. The van der Waals surface area contributed by atoms with E-state index in [0.29, 0.717) is 5.56 Å². The molecule has 5 rings (SSSR count). The van der Waals surface area contributed by atoms with Crippen molar-refractivity contribution in [2.24, 2.45) is 0 Å². The highest BCUT2D eigenvalue weighted by Gasteiger charge is 2.15. The number of carbonyl (C=O) groups excluding carboxylic acids is 1. The summed E-state index contributed by atoms with van der Waals surface area (Å²) in [4.78, 5) is 24.6. The van der Waals surface area contributed by atoms with Crippen molar-refractivity contribution in [2.75, 3.05) is 23.3 Å². The first kappa shape index (κ1) is 19.2. The average Bonchev–Trinajstić information content (AvgIpc) is 2.85. The maximum Gasteiger partial charge on any atom is 0.256 e. The summed E-state index contributed by atoms with van der Waals surface area (Å²) < 4.78 is 0. The molecule has 0 atom stereocenters. The van der Waals surface area contributed by atoms with Crippen molar-refractivity contribution in [3.63, 3.8) is 0 Å². The lowest BCUT2D eigenvalue weighted by molar-refractivity contribution is 0.102. The third kappa shape index (κ3) is 4.12. The van der Waals surface area contributed by atoms with Crippen LogP contribution in [0.2, 0.25) is 0 Å². The van der Waals surface area contributed by atoms with Gasteiger partial charge < -0.3 is 10.2 Å². The summed E-state index contributed by atoms with van der Waals surface area (Å²) in [6.45, 7) is 2.21. The van der Waals surface area contributed by atoms with E-state index in [1.165, 1.54) is 24.9 Å². The first-order valence-corrected chi connectivity index (χ1v) is 10.7. The lowest BCUT2D eigenvalue weighted by Gasteiger charge is -2.28. The van der Waals surface area contributed by atoms with Crippen molar-refractivity contribution in [3.05, 3.63) is 84.7 Å². The third-order valence-corrected chi connectivity index (χ3v) is 5.76. The molecule has 0 radical (unpaired) electrons. The molecule has 31 heavy (non-hydrogen) atoms. The maximum absolute atomic E-state index is 13.2. The van der Waals surface area contributed by atoms with Gasteiger partial charge in [-0.25, -0.2) is 4.98 Å². The van der Waals surface area contributed by atoms with Gasteiger partial charge in [0, 0.05) is 47.8 Å². The van der Waals surface area contributed by atoms with Gasteiger partial charge in [-0.2, -0.15) is 0 Å². The van der Waals surface area contributed by atoms with Gasteiger partial charge in [0.2, 0.25) is 0 Å². The van der Waals surface area contributed by atoms with Gasteiger partial charge >= 0.3 is 0 Å². The van der Waals surface area contributed by atoms with Gasteiger partial charge in [-0.3, -0.25) is 9.78 Å². The van der Waals surface area contributed by atoms with E-state index in [0.717, 1.165) is 40.9 Å². The number of benzene rings is 2. The number of nitrogens with one attached hydrogen (secondary N) is 1. The molecular formula is C26H24N4O. The largest absolute Gasteiger partial charge is 0.372 e. The number of piperidine rings is 1. The second kappa shape index (κ2) is 8.56. The molecule has 5 heteroatoms. The Hall–Kier alpha value is -3.73. The molecule has 2 aromatic carbocycles. The Morgan fingerprint density at radius 3 is 2.48 bits per heavy atom. The molecule has 0 aliphatic carbocycles. The zero-order valence-corrected chi connectivity index (χ0v) is 17.3. The van der Waals surface area contributed by atoms with Crippen LogP contribution >= 0.6 is 0 Å². The van der Waals surface area contributed by atoms with Crippen LogP contribution in [0.1, 0.15) is 29.6 Å². The van der Waals surface area contributed by atoms with Crippen LogP contribution in [-0.4, -0.2) is 29.0 Å². The fourth-order valence-corrected chi connectivity index (χ4v) is 4.13. The first-order valence-electron chi connectivity index (χ1n) is 10.7. The fraction of sp³-hybridized carbons (Fsp3) is 0.192. The van der Waals surface area contributed by atoms with Gasteiger partial charge in [0.15, 0.2) is 0 Å². The molecule has 0 spiro atoms. The topological polar surface area (TPSA) is 58.1 Å². The van der Waals surface area contributed by atoms with E-state index < -0.39 is 0 Å². The van der Waals surface area contributed by atoms with Gasteiger partial charge in [-0.05, 0) is 67.8 Å². The van der Waals surface area contributed by atoms with Crippen LogP contribution in [0.5, 0.6) is 0 Å². The summed E-state index contributed by atoms with van der Waals surface area (Å²) in [6.07, 6.45) is 7.29. The predicted molar refractivity (Wildman–Crippen MR) is 125 cm³/mol. The average molecular weight is 409 g/mol. The molecule has 2 aromatic heterocycles. The molecule has 0 bridgehead atoms. The zero-order chi connectivity index (χ0) is 21.0. The predicted octanol–water partition coefficient (Wildman–Crippen LogP) is 5.54. The summed E-state index contributed by atoms with van der Waals surface area (Å²) in [6, 6.07) is 21.5. The summed E-state index contributed by atoms with van der Waals surface area (Å²) in [5.41, 5.74) is 5.00. The molecule has 154 valence electrons. The van der Waals surface area contributed by atoms with Crippen LogP contribution in [0.25, 0.3) is 22.2 Å². The number of amides is 1. The SMILES string of the molecule is O=C(Nc1ccc(N2CCCCC2)cc1)c1cc(-c2cccnc2)nc2ccccc12. The highest BCUT2D eigenvalue weighted by Crippen LogP contribution is 2.26. The molecular weight excluding hydrogens is 384 g/mol. The minimum atomic E-state index is -0.144. The number of anilines is 2. The lowest BCUT2D eigenvalue weighted by Crippen LogP contribution is -2.29. The van der Waals surface area contributed by atoms with Gasteiger partial charge in [0.1, 0.15) is 0 Å². The summed E-state index contributed by atoms with van der Waals surface area (Å²) in [7, 11) is 0. The van der Waals surface area contributed by atoms with Crippen LogP contribution in [0, 0.1) is 0 Å². The summed E-state index contributed by atoms with van der Waals surface area (Å²) in [5, 5.41) is 3.89. The number of carbonyl (C=O) groups is 1. The van der Waals surface area contributed by atoms with Crippen molar-refractivity contribution in [1.29, 1.82) is 0 Å². The quantitative estimate of drug-likeness (QED) is 0.482. The number of nitrogens with zero attached hydrogens (tertiary/aromatic N) is 3. The number of fused-ring (bicyclic) bond motifs is 1. The van der Waals surface area contributed by atoms with E-state index in [4.69, 9.17) is 4.98 Å². The van der Waals surface area contributed by atoms with Gasteiger partial charge in [-0.15, -0.1) is 0 Å². The second-order valence-electron chi connectivity index (χ2n) is 7.86. The summed E-state index contributed by atoms with van der Waals surface area (Å²) in [5.74, 6) is -0.144. The van der Waals surface area contributed by atoms with Crippen molar-refractivity contribution in [2.45, 2.75) is 19.3 Å². The second-order valence-corrected chi connectivity index (χ2v) is 7.86. The minimum absolute atomic E-state index is 0.144. The highest BCUT2D eigenvalue weighted by molar-refractivity contribution is 6.13. The van der Waals surface area contributed by atoms with Crippen molar-refractivity contribution in [3.8, 4) is 11.3 Å². The molecule has 0 unspecified atom stereocenters. The Morgan fingerprint density at radius 2 is 1.71 bits per heavy atom. The Morgan fingerprint density at radius 1 is 0.903 bits per heavy atom. The van der Waals surface area contributed by atoms with Gasteiger partial charge in [0.05, 0.1) is 16.8 Å². The molecule has 1 saturated heterocycles. The Labute approximate surface area is 181 Å². The monoisotopic (exact) mass is 408 g/mol. The van der Waals surface area contributed by atoms with Crippen molar-refractivity contribution in [1.82, 2.24) is 9.97 Å². The van der Waals surface area contributed by atoms with Gasteiger partial charge in [0.25, 0.3) is 5.91 Å². The normalized spacial score (nSPS) is 13.9. The van der Waals surface area contributed by atoms with E-state index >= 15 is 0 Å². The molecule has 1 amide bonds. The Kier molecular flexibility index (Phi) is 5.31. The molecule has 4 aromatic rings. The molecule has 3 heterocycles. The van der Waals surface area contributed by atoms with E-state index in [1.54, 1.807) is 12.4 Å². The minimum Gasteiger partial charge on any atom is -0.372 e. The first-order chi connectivity index (χ1) is 15.3. The molecule has 5 nitrogen and oxygen atoms in total. The van der Waals surface area contributed by atoms with E-state index in [1.807, 2.05) is 54.6 Å². The van der Waals surface area contributed by atoms with Crippen molar-refractivity contribution >= 4 is 28.2 Å². The standard InChI is InChI=1S/C26H24N4O/c31-26(28-20-10-12-21(13-11-20)30-15-4-1-5-16-30)23-17-25(19-7-6-14-27-18-19)29-24-9-3-2-8-22(23)24/h2-3,6-14,17-18H,1,4-5,15-16H2,(H,28,31). The Bertz CT molecular complexity index is 1200. The van der Waals surface area contributed by atoms with Crippen LogP contribution < -0.4 is 10.2 Å². The van der Waals surface area contributed by atoms with E-state index in [-0.39, 0.29) is 5.91 Å². The molecule has 1 aliphatic rings. The fourth-order valence-electron chi connectivity index (χ4n) is 4.13. The smallest absolute Gasteiger partial charge is 0.256 e. The van der Waals surface area contributed by atoms with E-state index in [2.05, 4.69) is 27.3 Å². The van der Waals surface area contributed by atoms with Crippen LogP contribution in [-0.2, 0) is 0 Å². The lowest BCUT2D eigenvalue weighted by atomic mass is 10.0. The van der Waals surface area contributed by atoms with E-state index in [9.17, 15) is 4.79 Å². The third-order valence-electron chi connectivity index (χ3n) is 5.76. The number of rotatable bonds is 4. The maximum atomic E-state index is 13.2. The number of hydrogen-bond acceptors (Lipinski definition) is 4. The van der Waals surface area contributed by atoms with Gasteiger partial charge in [-0.1, -0.05) is 18.2 Å². The van der Waals surface area contributed by atoms with Crippen LogP contribution in [0.4, 0.5) is 11.4 Å². The molecule has 1 N–H and O–H groups in total. The number of pyridine rings is 2. The zero-order valence-electron chi connectivity index (χ0n) is 17.3. The highest BCUT2D eigenvalue weighted by atomic mass is 16.1. The number of para-hydroxylation sites is 1. The Balaban J connectivity index is 1.44. The van der Waals surface area contributed by atoms with Crippen molar-refractivity contribution < 1.29 is 4.79 Å². The van der Waals surface area contributed by atoms with Crippen LogP contribution in [0.15, 0.2) is 79.1 Å². The number of aromatic nitrogens is 2. The number of hydrogen-bond donors (Lipinski definition) is 1. The molecule has 0 saturated carbocycles.